The highest BCUT2D eigenvalue weighted by Gasteiger charge is 2.31. The van der Waals surface area contributed by atoms with E-state index < -0.39 is 71.2 Å². The number of hydrogen-bond acceptors (Lipinski definition) is 7. The molecule has 242 valence electrons. The van der Waals surface area contributed by atoms with Crippen molar-refractivity contribution in [2.24, 2.45) is 0 Å². The second kappa shape index (κ2) is 14.6. The van der Waals surface area contributed by atoms with Crippen LogP contribution in [-0.2, 0) is 31.1 Å². The maximum atomic E-state index is 14.1. The average molecular weight is 626 g/mol. The van der Waals surface area contributed by atoms with Crippen LogP contribution in [0.25, 0.3) is 0 Å². The van der Waals surface area contributed by atoms with Gasteiger partial charge in [-0.3, -0.25) is 19.2 Å². The smallest absolute Gasteiger partial charge is 0.308 e. The molecule has 0 spiro atoms. The van der Waals surface area contributed by atoms with Crippen molar-refractivity contribution in [3.63, 3.8) is 0 Å². The molecule has 1 heterocycles. The zero-order valence-electron chi connectivity index (χ0n) is 26.8. The number of aromatic nitrogens is 2. The molecule has 0 aliphatic rings. The molecule has 0 saturated heterocycles. The molecule has 0 aliphatic heterocycles. The lowest BCUT2D eigenvalue weighted by atomic mass is 9.84. The van der Waals surface area contributed by atoms with Gasteiger partial charge >= 0.3 is 5.97 Å². The van der Waals surface area contributed by atoms with Crippen LogP contribution in [-0.4, -0.2) is 45.7 Å². The summed E-state index contributed by atoms with van der Waals surface area (Å²) in [6, 6.07) is 10.8. The van der Waals surface area contributed by atoms with Crippen LogP contribution in [0.1, 0.15) is 83.9 Å². The van der Waals surface area contributed by atoms with E-state index in [1.807, 2.05) is 24.3 Å². The van der Waals surface area contributed by atoms with E-state index >= 15 is 0 Å². The summed E-state index contributed by atoms with van der Waals surface area (Å²) >= 11 is 0. The van der Waals surface area contributed by atoms with Gasteiger partial charge in [0, 0.05) is 11.8 Å². The molecule has 0 fully saturated rings. The first kappa shape index (κ1) is 35.1. The minimum atomic E-state index is -1.46. The van der Waals surface area contributed by atoms with Gasteiger partial charge in [0.05, 0.1) is 18.9 Å². The van der Waals surface area contributed by atoms with E-state index in [4.69, 9.17) is 9.47 Å². The molecule has 3 aromatic rings. The van der Waals surface area contributed by atoms with E-state index in [1.165, 1.54) is 16.9 Å². The fourth-order valence-corrected chi connectivity index (χ4v) is 4.87. The van der Waals surface area contributed by atoms with E-state index in [0.29, 0.717) is 0 Å². The van der Waals surface area contributed by atoms with Gasteiger partial charge in [-0.1, -0.05) is 58.0 Å². The predicted octanol–water partition coefficient (Wildman–Crippen LogP) is 5.23. The summed E-state index contributed by atoms with van der Waals surface area (Å²) in [7, 11) is 0. The molecule has 0 aliphatic carbocycles. The number of carbonyl (C=O) groups excluding carboxylic acids is 3. The normalized spacial score (nSPS) is 13.1. The molecule has 1 amide bonds. The van der Waals surface area contributed by atoms with Crippen molar-refractivity contribution in [1.82, 2.24) is 15.1 Å². The second-order valence-electron chi connectivity index (χ2n) is 12.8. The predicted molar refractivity (Wildman–Crippen MR) is 165 cm³/mol. The molecule has 11 heteroatoms. The number of esters is 1. The van der Waals surface area contributed by atoms with Crippen molar-refractivity contribution >= 4 is 17.7 Å². The molecule has 0 radical (unpaired) electrons. The molecular formula is C34H41F2N3O6. The first-order valence-corrected chi connectivity index (χ1v) is 14.8. The Morgan fingerprint density at radius 1 is 0.956 bits per heavy atom. The molecule has 3 rings (SSSR count). The molecule has 1 N–H and O–H groups in total. The van der Waals surface area contributed by atoms with Gasteiger partial charge < -0.3 is 14.8 Å². The molecule has 9 nitrogen and oxygen atoms in total. The van der Waals surface area contributed by atoms with Gasteiger partial charge in [-0.2, -0.15) is 5.10 Å². The monoisotopic (exact) mass is 625 g/mol. The Morgan fingerprint density at radius 2 is 1.60 bits per heavy atom. The first-order chi connectivity index (χ1) is 21.0. The van der Waals surface area contributed by atoms with E-state index in [0.717, 1.165) is 29.3 Å². The third-order valence-corrected chi connectivity index (χ3v) is 6.96. The van der Waals surface area contributed by atoms with E-state index in [9.17, 15) is 28.0 Å². The van der Waals surface area contributed by atoms with Crippen LogP contribution in [0.5, 0.6) is 5.75 Å². The van der Waals surface area contributed by atoms with Crippen molar-refractivity contribution in [2.75, 3.05) is 6.61 Å². The lowest BCUT2D eigenvalue weighted by molar-refractivity contribution is -0.156. The number of hydrogen-bond donors (Lipinski definition) is 1. The van der Waals surface area contributed by atoms with Crippen molar-refractivity contribution < 1.29 is 32.6 Å². The fraction of sp³-hybridized carbons (Fsp3) is 0.441. The summed E-state index contributed by atoms with van der Waals surface area (Å²) < 4.78 is 39.9. The van der Waals surface area contributed by atoms with E-state index in [-0.39, 0.29) is 23.9 Å². The summed E-state index contributed by atoms with van der Waals surface area (Å²) in [5.74, 6) is -6.08. The quantitative estimate of drug-likeness (QED) is 0.274. The number of benzene rings is 2. The number of nitrogens with zero attached hydrogens (tertiary/aromatic N) is 2. The summed E-state index contributed by atoms with van der Waals surface area (Å²) in [6.07, 6.45) is 1.06. The average Bonchev–Trinajstić information content (AvgIpc) is 2.93. The molecule has 0 bridgehead atoms. The van der Waals surface area contributed by atoms with Crippen LogP contribution in [0.2, 0.25) is 0 Å². The highest BCUT2D eigenvalue weighted by molar-refractivity contribution is 5.94. The van der Waals surface area contributed by atoms with Gasteiger partial charge in [-0.15, -0.1) is 0 Å². The molecule has 1 aromatic heterocycles. The van der Waals surface area contributed by atoms with Crippen molar-refractivity contribution in [2.45, 2.75) is 90.8 Å². The summed E-state index contributed by atoms with van der Waals surface area (Å²) in [6.45, 7) is 12.2. The van der Waals surface area contributed by atoms with Gasteiger partial charge in [0.2, 0.25) is 5.91 Å². The zero-order chi connectivity index (χ0) is 33.5. The van der Waals surface area contributed by atoms with Gasteiger partial charge in [0.1, 0.15) is 18.2 Å². The lowest BCUT2D eigenvalue weighted by Crippen LogP contribution is -2.47. The first-order valence-electron chi connectivity index (χ1n) is 14.8. The number of ketones is 1. The maximum Gasteiger partial charge on any atom is 0.308 e. The largest absolute Gasteiger partial charge is 0.480 e. The van der Waals surface area contributed by atoms with Crippen LogP contribution in [0.4, 0.5) is 8.78 Å². The van der Waals surface area contributed by atoms with Crippen LogP contribution < -0.4 is 15.6 Å². The molecule has 45 heavy (non-hydrogen) atoms. The van der Waals surface area contributed by atoms with Crippen LogP contribution in [0.3, 0.4) is 0 Å². The van der Waals surface area contributed by atoms with Crippen molar-refractivity contribution in [1.29, 1.82) is 0 Å². The minimum absolute atomic E-state index is 0.159. The van der Waals surface area contributed by atoms with Gasteiger partial charge in [0.25, 0.3) is 5.56 Å². The zero-order valence-corrected chi connectivity index (χ0v) is 26.8. The van der Waals surface area contributed by atoms with Crippen molar-refractivity contribution in [3.05, 3.63) is 93.4 Å². The Hall–Kier alpha value is -4.41. The van der Waals surface area contributed by atoms with Gasteiger partial charge in [-0.25, -0.2) is 13.5 Å². The lowest BCUT2D eigenvalue weighted by Gasteiger charge is -2.24. The molecule has 0 saturated carbocycles. The minimum Gasteiger partial charge on any atom is -0.480 e. The third-order valence-electron chi connectivity index (χ3n) is 6.96. The standard InChI is InChI=1S/C34H41F2N3O6/c1-8-22(23-16-17-37-39(32(23)43)19-21-12-9-10-13-24(21)33(2,3)4)31(42)38-27(18-29(41)45-34(5,6)7)28(40)20-44-30-25(35)14-11-15-26(30)36/h9-17,22,27H,8,18-20H2,1-7H3,(H,38,42). The van der Waals surface area contributed by atoms with E-state index in [2.05, 4.69) is 31.2 Å². The Kier molecular flexibility index (Phi) is 11.4. The number of halogens is 2. The van der Waals surface area contributed by atoms with Crippen LogP contribution >= 0.6 is 0 Å². The highest BCUT2D eigenvalue weighted by Crippen LogP contribution is 2.26. The summed E-state index contributed by atoms with van der Waals surface area (Å²) in [4.78, 5) is 53.1. The highest BCUT2D eigenvalue weighted by atomic mass is 19.1. The molecule has 2 unspecified atom stereocenters. The molecular weight excluding hydrogens is 584 g/mol. The number of ether oxygens (including phenoxy) is 2. The van der Waals surface area contributed by atoms with Gasteiger partial charge in [-0.05, 0) is 61.9 Å². The maximum absolute atomic E-state index is 14.1. The topological polar surface area (TPSA) is 117 Å². The number of nitrogens with one attached hydrogen (secondary N) is 1. The number of para-hydroxylation sites is 1. The summed E-state index contributed by atoms with van der Waals surface area (Å²) in [5.41, 5.74) is 0.587. The number of Topliss-reactive ketones (excluding diaryl/α,β-unsaturated/α-hetero) is 1. The Balaban J connectivity index is 1.87. The third kappa shape index (κ3) is 9.54. The Labute approximate surface area is 261 Å². The number of carbonyl (C=O) groups is 3. The SMILES string of the molecule is CCC(C(=O)NC(CC(=O)OC(C)(C)C)C(=O)COc1c(F)cccc1F)c1ccnn(Cc2ccccc2C(C)(C)C)c1=O. The van der Waals surface area contributed by atoms with Crippen LogP contribution in [0.15, 0.2) is 59.5 Å². The van der Waals surface area contributed by atoms with Crippen LogP contribution in [0, 0.1) is 11.6 Å². The Bertz CT molecular complexity index is 1570. The fourth-order valence-electron chi connectivity index (χ4n) is 4.87. The molecule has 2 aromatic carbocycles. The number of amides is 1. The number of rotatable bonds is 12. The second-order valence-corrected chi connectivity index (χ2v) is 12.8. The Morgan fingerprint density at radius 3 is 2.20 bits per heavy atom. The summed E-state index contributed by atoms with van der Waals surface area (Å²) in [5, 5.41) is 6.79. The molecule has 2 atom stereocenters. The van der Waals surface area contributed by atoms with E-state index in [1.54, 1.807) is 27.7 Å². The van der Waals surface area contributed by atoms with Crippen molar-refractivity contribution in [3.8, 4) is 5.75 Å². The van der Waals surface area contributed by atoms with Gasteiger partial charge in [0.15, 0.2) is 23.2 Å².